The summed E-state index contributed by atoms with van der Waals surface area (Å²) in [5.74, 6) is 0.937. The summed E-state index contributed by atoms with van der Waals surface area (Å²) in [6.45, 7) is 11.9. The molecule has 3 nitrogen and oxygen atoms in total. The molecule has 0 aromatic rings. The first-order valence-electron chi connectivity index (χ1n) is 4.39. The molecule has 0 radical (unpaired) electrons. The summed E-state index contributed by atoms with van der Waals surface area (Å²) in [5, 5.41) is 9.37. The molecule has 1 saturated heterocycles. The molecule has 0 amide bonds. The molecule has 1 N–H and O–H groups in total. The minimum absolute atomic E-state index is 0.0602. The molecule has 0 aromatic heterocycles. The molecule has 1 aliphatic rings. The Kier molecular flexibility index (Phi) is 2.78. The van der Waals surface area contributed by atoms with Gasteiger partial charge in [-0.15, -0.1) is 0 Å². The van der Waals surface area contributed by atoms with Gasteiger partial charge in [0, 0.05) is 0 Å². The Morgan fingerprint density at radius 2 is 2.15 bits per heavy atom. The van der Waals surface area contributed by atoms with Gasteiger partial charge in [0.2, 0.25) is 0 Å². The Balaban J connectivity index is 2.80. The van der Waals surface area contributed by atoms with Gasteiger partial charge in [0.25, 0.3) is 6.41 Å². The molecule has 3 heteroatoms. The molecule has 0 spiro atoms. The molecule has 0 aliphatic carbocycles. The molecule has 13 heavy (non-hydrogen) atoms. The third kappa shape index (κ3) is 1.76. The highest BCUT2D eigenvalue weighted by Crippen LogP contribution is 2.29. The van der Waals surface area contributed by atoms with Gasteiger partial charge in [0.1, 0.15) is 5.76 Å². The van der Waals surface area contributed by atoms with Gasteiger partial charge in [-0.25, -0.2) is 4.90 Å². The van der Waals surface area contributed by atoms with Crippen molar-refractivity contribution >= 4 is 0 Å². The van der Waals surface area contributed by atoms with E-state index in [1.165, 1.54) is 0 Å². The van der Waals surface area contributed by atoms with Crippen molar-refractivity contribution in [2.45, 2.75) is 26.3 Å². The van der Waals surface area contributed by atoms with Crippen molar-refractivity contribution in [3.63, 3.8) is 0 Å². The van der Waals surface area contributed by atoms with E-state index in [1.807, 2.05) is 0 Å². The normalized spacial score (nSPS) is 29.5. The molecule has 1 fully saturated rings. The first-order valence-corrected chi connectivity index (χ1v) is 4.39. The third-order valence-corrected chi connectivity index (χ3v) is 2.41. The lowest BCUT2D eigenvalue weighted by atomic mass is 9.96. The van der Waals surface area contributed by atoms with Crippen molar-refractivity contribution in [3.8, 4) is 0 Å². The molecular weight excluding hydrogens is 166 g/mol. The number of aliphatic hydroxyl groups is 1. The lowest BCUT2D eigenvalue weighted by molar-refractivity contribution is -0.114. The lowest BCUT2D eigenvalue weighted by Gasteiger charge is -2.22. The SMILES string of the molecule is C=C1OC(O)N(C)C1C(=C)C(C)C. The Morgan fingerprint density at radius 3 is 2.46 bits per heavy atom. The zero-order valence-electron chi connectivity index (χ0n) is 8.45. The first-order chi connectivity index (χ1) is 5.95. The molecule has 1 rings (SSSR count). The van der Waals surface area contributed by atoms with E-state index in [9.17, 15) is 5.11 Å². The van der Waals surface area contributed by atoms with Crippen molar-refractivity contribution in [1.82, 2.24) is 4.90 Å². The minimum atomic E-state index is -0.881. The van der Waals surface area contributed by atoms with E-state index >= 15 is 0 Å². The monoisotopic (exact) mass is 183 g/mol. The predicted molar refractivity (Wildman–Crippen MR) is 51.8 cm³/mol. The number of rotatable bonds is 2. The Morgan fingerprint density at radius 1 is 1.62 bits per heavy atom. The number of hydrogen-bond donors (Lipinski definition) is 1. The van der Waals surface area contributed by atoms with Gasteiger partial charge in [-0.1, -0.05) is 32.6 Å². The summed E-state index contributed by atoms with van der Waals surface area (Å²) in [4.78, 5) is 1.71. The van der Waals surface area contributed by atoms with Gasteiger partial charge in [0.15, 0.2) is 0 Å². The third-order valence-electron chi connectivity index (χ3n) is 2.41. The van der Waals surface area contributed by atoms with E-state index in [4.69, 9.17) is 4.74 Å². The maximum atomic E-state index is 9.37. The fourth-order valence-electron chi connectivity index (χ4n) is 1.42. The highest BCUT2D eigenvalue weighted by Gasteiger charge is 2.36. The van der Waals surface area contributed by atoms with Crippen LogP contribution in [0.4, 0.5) is 0 Å². The quantitative estimate of drug-likeness (QED) is 0.655. The smallest absolute Gasteiger partial charge is 0.259 e. The topological polar surface area (TPSA) is 32.7 Å². The Bertz CT molecular complexity index is 235. The molecule has 1 aliphatic heterocycles. The largest absolute Gasteiger partial charge is 0.454 e. The van der Waals surface area contributed by atoms with Gasteiger partial charge in [-0.3, -0.25) is 0 Å². The van der Waals surface area contributed by atoms with Crippen molar-refractivity contribution in [3.05, 3.63) is 24.5 Å². The minimum Gasteiger partial charge on any atom is -0.454 e. The standard InChI is InChI=1S/C10H17NO2/c1-6(2)7(3)9-8(4)13-10(12)11(9)5/h6,9-10,12H,3-4H2,1-2,5H3. The number of nitrogens with zero attached hydrogens (tertiary/aromatic N) is 1. The Hall–Kier alpha value is -0.800. The van der Waals surface area contributed by atoms with E-state index in [0.717, 1.165) is 5.57 Å². The number of hydrogen-bond acceptors (Lipinski definition) is 3. The Labute approximate surface area is 79.3 Å². The van der Waals surface area contributed by atoms with Crippen LogP contribution in [-0.2, 0) is 4.74 Å². The van der Waals surface area contributed by atoms with Crippen LogP contribution < -0.4 is 0 Å². The highest BCUT2D eigenvalue weighted by molar-refractivity contribution is 5.22. The van der Waals surface area contributed by atoms with Crippen molar-refractivity contribution in [1.29, 1.82) is 0 Å². The van der Waals surface area contributed by atoms with E-state index in [2.05, 4.69) is 27.0 Å². The molecule has 0 aromatic carbocycles. The van der Waals surface area contributed by atoms with Crippen LogP contribution in [0.1, 0.15) is 13.8 Å². The van der Waals surface area contributed by atoms with E-state index < -0.39 is 6.41 Å². The molecule has 0 saturated carbocycles. The summed E-state index contributed by atoms with van der Waals surface area (Å²) >= 11 is 0. The van der Waals surface area contributed by atoms with Crippen LogP contribution in [0.2, 0.25) is 0 Å². The van der Waals surface area contributed by atoms with Crippen LogP contribution in [0.25, 0.3) is 0 Å². The fraction of sp³-hybridized carbons (Fsp3) is 0.600. The van der Waals surface area contributed by atoms with Crippen molar-refractivity contribution in [2.24, 2.45) is 5.92 Å². The zero-order valence-corrected chi connectivity index (χ0v) is 8.45. The van der Waals surface area contributed by atoms with Crippen LogP contribution in [-0.4, -0.2) is 29.5 Å². The van der Waals surface area contributed by atoms with Crippen molar-refractivity contribution < 1.29 is 9.84 Å². The van der Waals surface area contributed by atoms with Gasteiger partial charge in [0.05, 0.1) is 6.04 Å². The first kappa shape index (κ1) is 10.3. The second-order valence-corrected chi connectivity index (χ2v) is 3.71. The summed E-state index contributed by atoms with van der Waals surface area (Å²) in [5.41, 5.74) is 1.02. The average Bonchev–Trinajstić information content (AvgIpc) is 2.26. The molecular formula is C10H17NO2. The molecule has 0 bridgehead atoms. The van der Waals surface area contributed by atoms with Crippen LogP contribution in [0.15, 0.2) is 24.5 Å². The summed E-state index contributed by atoms with van der Waals surface area (Å²) < 4.78 is 5.08. The van der Waals surface area contributed by atoms with Crippen LogP contribution in [0, 0.1) is 5.92 Å². The summed E-state index contributed by atoms with van der Waals surface area (Å²) in [7, 11) is 1.79. The van der Waals surface area contributed by atoms with Crippen LogP contribution in [0.5, 0.6) is 0 Å². The maximum absolute atomic E-state index is 9.37. The van der Waals surface area contributed by atoms with Crippen LogP contribution >= 0.6 is 0 Å². The van der Waals surface area contributed by atoms with Gasteiger partial charge >= 0.3 is 0 Å². The second-order valence-electron chi connectivity index (χ2n) is 3.71. The molecule has 2 unspecified atom stereocenters. The predicted octanol–water partition coefficient (Wildman–Crippen LogP) is 1.32. The second kappa shape index (κ2) is 3.52. The maximum Gasteiger partial charge on any atom is 0.259 e. The van der Waals surface area contributed by atoms with Gasteiger partial charge < -0.3 is 9.84 Å². The summed E-state index contributed by atoms with van der Waals surface area (Å²) in [6.07, 6.45) is -0.881. The van der Waals surface area contributed by atoms with E-state index in [1.54, 1.807) is 11.9 Å². The molecule has 2 atom stereocenters. The van der Waals surface area contributed by atoms with Crippen molar-refractivity contribution in [2.75, 3.05) is 7.05 Å². The summed E-state index contributed by atoms with van der Waals surface area (Å²) in [6, 6.07) is -0.0602. The number of ether oxygens (including phenoxy) is 1. The zero-order chi connectivity index (χ0) is 10.2. The van der Waals surface area contributed by atoms with E-state index in [0.29, 0.717) is 11.7 Å². The number of aliphatic hydroxyl groups excluding tert-OH is 1. The molecule has 1 heterocycles. The number of likely N-dealkylation sites (N-methyl/N-ethyl adjacent to an activating group) is 1. The van der Waals surface area contributed by atoms with Gasteiger partial charge in [-0.05, 0) is 13.0 Å². The lowest BCUT2D eigenvalue weighted by Crippen LogP contribution is -2.34. The highest BCUT2D eigenvalue weighted by atomic mass is 16.6. The van der Waals surface area contributed by atoms with E-state index in [-0.39, 0.29) is 6.04 Å². The van der Waals surface area contributed by atoms with Crippen LogP contribution in [0.3, 0.4) is 0 Å². The average molecular weight is 183 g/mol. The fourth-order valence-corrected chi connectivity index (χ4v) is 1.42. The molecule has 74 valence electrons. The van der Waals surface area contributed by atoms with Gasteiger partial charge in [-0.2, -0.15) is 0 Å².